The van der Waals surface area contributed by atoms with Crippen molar-refractivity contribution in [1.82, 2.24) is 9.36 Å². The van der Waals surface area contributed by atoms with E-state index < -0.39 is 4.92 Å². The SMILES string of the molecule is CNc1cc(CSc2ncns2)ccc1[N+](=O)[O-]. The molecule has 0 aliphatic rings. The lowest BCUT2D eigenvalue weighted by atomic mass is 10.2. The van der Waals surface area contributed by atoms with Crippen molar-refractivity contribution in [1.29, 1.82) is 0 Å². The van der Waals surface area contributed by atoms with Crippen LogP contribution in [0.25, 0.3) is 0 Å². The maximum absolute atomic E-state index is 10.8. The minimum Gasteiger partial charge on any atom is -0.383 e. The summed E-state index contributed by atoms with van der Waals surface area (Å²) in [6.07, 6.45) is 1.52. The van der Waals surface area contributed by atoms with Crippen LogP contribution in [0.1, 0.15) is 5.56 Å². The molecule has 0 unspecified atom stereocenters. The average Bonchev–Trinajstić information content (AvgIpc) is 2.88. The Bertz CT molecular complexity index is 545. The van der Waals surface area contributed by atoms with Gasteiger partial charge in [-0.25, -0.2) is 4.98 Å². The number of hydrogen-bond donors (Lipinski definition) is 1. The molecule has 8 heteroatoms. The van der Waals surface area contributed by atoms with E-state index in [2.05, 4.69) is 14.7 Å². The molecule has 18 heavy (non-hydrogen) atoms. The lowest BCUT2D eigenvalue weighted by Gasteiger charge is -2.04. The van der Waals surface area contributed by atoms with Crippen LogP contribution in [-0.4, -0.2) is 21.3 Å². The van der Waals surface area contributed by atoms with E-state index in [1.54, 1.807) is 30.9 Å². The molecule has 0 amide bonds. The van der Waals surface area contributed by atoms with Crippen LogP contribution in [0.15, 0.2) is 28.9 Å². The second-order valence-corrected chi connectivity index (χ2v) is 5.36. The summed E-state index contributed by atoms with van der Waals surface area (Å²) in [5.41, 5.74) is 1.61. The minimum atomic E-state index is -0.395. The van der Waals surface area contributed by atoms with Gasteiger partial charge >= 0.3 is 0 Å². The Kier molecular flexibility index (Phi) is 4.11. The molecule has 0 aliphatic carbocycles. The van der Waals surface area contributed by atoms with Gasteiger partial charge in [-0.15, -0.1) is 0 Å². The van der Waals surface area contributed by atoms with Gasteiger partial charge in [0.2, 0.25) is 0 Å². The van der Waals surface area contributed by atoms with Crippen molar-refractivity contribution in [3.63, 3.8) is 0 Å². The number of hydrogen-bond acceptors (Lipinski definition) is 7. The third-order valence-electron chi connectivity index (χ3n) is 2.23. The Hall–Kier alpha value is -1.67. The first kappa shape index (κ1) is 12.8. The number of anilines is 1. The largest absolute Gasteiger partial charge is 0.383 e. The molecule has 0 saturated heterocycles. The molecule has 0 spiro atoms. The summed E-state index contributed by atoms with van der Waals surface area (Å²) >= 11 is 2.90. The normalized spacial score (nSPS) is 10.3. The van der Waals surface area contributed by atoms with E-state index in [0.29, 0.717) is 11.4 Å². The number of nitrogens with one attached hydrogen (secondary N) is 1. The van der Waals surface area contributed by atoms with E-state index in [1.165, 1.54) is 23.9 Å². The summed E-state index contributed by atoms with van der Waals surface area (Å²) in [7, 11) is 1.67. The van der Waals surface area contributed by atoms with Gasteiger partial charge in [0, 0.05) is 18.9 Å². The molecule has 1 N–H and O–H groups in total. The second-order valence-electron chi connectivity index (χ2n) is 3.35. The molecule has 1 heterocycles. The van der Waals surface area contributed by atoms with Crippen LogP contribution in [0.4, 0.5) is 11.4 Å². The molecule has 0 saturated carbocycles. The number of nitro groups is 1. The molecule has 1 aromatic heterocycles. The minimum absolute atomic E-state index is 0.0853. The van der Waals surface area contributed by atoms with Crippen LogP contribution in [-0.2, 0) is 5.75 Å². The van der Waals surface area contributed by atoms with E-state index in [1.807, 2.05) is 0 Å². The summed E-state index contributed by atoms with van der Waals surface area (Å²) in [5, 5.41) is 13.6. The fraction of sp³-hybridized carbons (Fsp3) is 0.200. The molecule has 2 aromatic rings. The van der Waals surface area contributed by atoms with Crippen molar-refractivity contribution in [3.05, 3.63) is 40.2 Å². The third kappa shape index (κ3) is 2.96. The van der Waals surface area contributed by atoms with E-state index in [-0.39, 0.29) is 5.69 Å². The molecule has 2 rings (SSSR count). The first-order valence-corrected chi connectivity index (χ1v) is 6.81. The Labute approximate surface area is 112 Å². The summed E-state index contributed by atoms with van der Waals surface area (Å²) in [5.74, 6) is 0.710. The van der Waals surface area contributed by atoms with Gasteiger partial charge in [0.25, 0.3) is 5.69 Å². The molecule has 0 atom stereocenters. The zero-order valence-electron chi connectivity index (χ0n) is 9.49. The fourth-order valence-corrected chi connectivity index (χ4v) is 2.79. The van der Waals surface area contributed by atoms with Crippen molar-refractivity contribution >= 4 is 34.7 Å². The lowest BCUT2D eigenvalue weighted by molar-refractivity contribution is -0.383. The highest BCUT2D eigenvalue weighted by molar-refractivity contribution is 8.00. The van der Waals surface area contributed by atoms with Gasteiger partial charge < -0.3 is 5.32 Å². The summed E-state index contributed by atoms with van der Waals surface area (Å²) in [6, 6.07) is 5.06. The molecule has 6 nitrogen and oxygen atoms in total. The zero-order chi connectivity index (χ0) is 13.0. The van der Waals surface area contributed by atoms with Crippen molar-refractivity contribution < 1.29 is 4.92 Å². The summed E-state index contributed by atoms with van der Waals surface area (Å²) < 4.78 is 4.80. The summed E-state index contributed by atoms with van der Waals surface area (Å²) in [4.78, 5) is 14.5. The number of nitrogens with zero attached hydrogens (tertiary/aromatic N) is 3. The monoisotopic (exact) mass is 282 g/mol. The highest BCUT2D eigenvalue weighted by atomic mass is 32.2. The van der Waals surface area contributed by atoms with Gasteiger partial charge in [0.05, 0.1) is 4.92 Å². The van der Waals surface area contributed by atoms with Crippen LogP contribution >= 0.6 is 23.3 Å². The topological polar surface area (TPSA) is 81.0 Å². The van der Waals surface area contributed by atoms with Gasteiger partial charge in [0.15, 0.2) is 4.34 Å². The number of thioether (sulfide) groups is 1. The van der Waals surface area contributed by atoms with Gasteiger partial charge in [-0.05, 0) is 23.2 Å². The lowest BCUT2D eigenvalue weighted by Crippen LogP contribution is -1.97. The van der Waals surface area contributed by atoms with E-state index >= 15 is 0 Å². The molecule has 0 radical (unpaired) electrons. The molecular weight excluding hydrogens is 272 g/mol. The number of nitro benzene ring substituents is 1. The first-order valence-electron chi connectivity index (χ1n) is 5.05. The second kappa shape index (κ2) is 5.78. The number of benzene rings is 1. The number of rotatable bonds is 5. The highest BCUT2D eigenvalue weighted by Crippen LogP contribution is 2.29. The van der Waals surface area contributed by atoms with Crippen molar-refractivity contribution in [2.45, 2.75) is 10.1 Å². The van der Waals surface area contributed by atoms with Crippen LogP contribution in [0.3, 0.4) is 0 Å². The standard InChI is InChI=1S/C10H10N4O2S2/c1-11-8-4-7(2-3-9(8)14(15)16)5-17-10-12-6-13-18-10/h2-4,6,11H,5H2,1H3. The van der Waals surface area contributed by atoms with E-state index in [0.717, 1.165) is 9.90 Å². The maximum atomic E-state index is 10.8. The predicted molar refractivity (Wildman–Crippen MR) is 72.1 cm³/mol. The zero-order valence-corrected chi connectivity index (χ0v) is 11.1. The molecule has 0 fully saturated rings. The van der Waals surface area contributed by atoms with E-state index in [9.17, 15) is 10.1 Å². The Balaban J connectivity index is 2.12. The van der Waals surface area contributed by atoms with Gasteiger partial charge in [-0.1, -0.05) is 17.8 Å². The van der Waals surface area contributed by atoms with Crippen LogP contribution in [0, 0.1) is 10.1 Å². The molecule has 0 bridgehead atoms. The number of aromatic nitrogens is 2. The summed E-state index contributed by atoms with van der Waals surface area (Å²) in [6.45, 7) is 0. The van der Waals surface area contributed by atoms with Gasteiger partial charge in [-0.3, -0.25) is 10.1 Å². The predicted octanol–water partition coefficient (Wildman–Crippen LogP) is 2.78. The fourth-order valence-electron chi connectivity index (χ4n) is 1.40. The maximum Gasteiger partial charge on any atom is 0.292 e. The third-order valence-corrected chi connectivity index (χ3v) is 4.10. The van der Waals surface area contributed by atoms with Crippen LogP contribution in [0.5, 0.6) is 0 Å². The Morgan fingerprint density at radius 2 is 2.39 bits per heavy atom. The Morgan fingerprint density at radius 3 is 3.00 bits per heavy atom. The quantitative estimate of drug-likeness (QED) is 0.516. The van der Waals surface area contributed by atoms with Gasteiger partial charge in [-0.2, -0.15) is 4.37 Å². The highest BCUT2D eigenvalue weighted by Gasteiger charge is 2.12. The van der Waals surface area contributed by atoms with E-state index in [4.69, 9.17) is 0 Å². The first-order chi connectivity index (χ1) is 8.70. The van der Waals surface area contributed by atoms with Crippen molar-refractivity contribution in [2.24, 2.45) is 0 Å². The molecular formula is C10H10N4O2S2. The average molecular weight is 282 g/mol. The smallest absolute Gasteiger partial charge is 0.292 e. The van der Waals surface area contributed by atoms with Crippen LogP contribution < -0.4 is 5.32 Å². The van der Waals surface area contributed by atoms with Crippen molar-refractivity contribution in [3.8, 4) is 0 Å². The molecule has 1 aromatic carbocycles. The molecule has 0 aliphatic heterocycles. The molecule has 94 valence electrons. The van der Waals surface area contributed by atoms with Crippen LogP contribution in [0.2, 0.25) is 0 Å². The Morgan fingerprint density at radius 1 is 1.56 bits per heavy atom. The van der Waals surface area contributed by atoms with Gasteiger partial charge in [0.1, 0.15) is 12.0 Å². The van der Waals surface area contributed by atoms with Crippen molar-refractivity contribution in [2.75, 3.05) is 12.4 Å².